The van der Waals surface area contributed by atoms with Gasteiger partial charge in [-0.15, -0.1) is 0 Å². The van der Waals surface area contributed by atoms with Crippen LogP contribution in [-0.2, 0) is 7.05 Å². The monoisotopic (exact) mass is 245 g/mol. The van der Waals surface area contributed by atoms with Crippen LogP contribution in [0.3, 0.4) is 0 Å². The molecule has 0 aliphatic carbocycles. The SMILES string of the molecule is Cn1cnc2c(NC3CCCCNC3)nccc21. The van der Waals surface area contributed by atoms with Crippen molar-refractivity contribution >= 4 is 16.9 Å². The minimum absolute atomic E-state index is 0.451. The first kappa shape index (κ1) is 11.5. The number of nitrogens with zero attached hydrogens (tertiary/aromatic N) is 3. The van der Waals surface area contributed by atoms with Crippen molar-refractivity contribution in [3.05, 3.63) is 18.6 Å². The summed E-state index contributed by atoms with van der Waals surface area (Å²) in [6.45, 7) is 2.13. The van der Waals surface area contributed by atoms with Gasteiger partial charge in [0.15, 0.2) is 5.82 Å². The number of anilines is 1. The predicted octanol–water partition coefficient (Wildman–Crippen LogP) is 1.52. The maximum atomic E-state index is 4.43. The minimum Gasteiger partial charge on any atom is -0.364 e. The van der Waals surface area contributed by atoms with Gasteiger partial charge in [0.1, 0.15) is 5.52 Å². The Kier molecular flexibility index (Phi) is 3.15. The summed E-state index contributed by atoms with van der Waals surface area (Å²) < 4.78 is 2.02. The Balaban J connectivity index is 1.85. The van der Waals surface area contributed by atoms with Crippen LogP contribution in [0.4, 0.5) is 5.82 Å². The third-order valence-electron chi connectivity index (χ3n) is 3.53. The fraction of sp³-hybridized carbons (Fsp3) is 0.538. The molecule has 3 rings (SSSR count). The highest BCUT2D eigenvalue weighted by Gasteiger charge is 2.14. The molecule has 0 bridgehead atoms. The maximum absolute atomic E-state index is 4.43. The third-order valence-corrected chi connectivity index (χ3v) is 3.53. The average Bonchev–Trinajstić information content (AvgIpc) is 2.62. The van der Waals surface area contributed by atoms with Gasteiger partial charge >= 0.3 is 0 Å². The van der Waals surface area contributed by atoms with Crippen molar-refractivity contribution in [3.63, 3.8) is 0 Å². The number of fused-ring (bicyclic) bond motifs is 1. The van der Waals surface area contributed by atoms with Crippen LogP contribution in [0.5, 0.6) is 0 Å². The first-order valence-electron chi connectivity index (χ1n) is 6.58. The highest BCUT2D eigenvalue weighted by Crippen LogP contribution is 2.20. The Hall–Kier alpha value is -1.62. The fourth-order valence-electron chi connectivity index (χ4n) is 2.50. The molecule has 0 radical (unpaired) electrons. The van der Waals surface area contributed by atoms with Gasteiger partial charge in [-0.05, 0) is 25.5 Å². The molecule has 0 spiro atoms. The molecule has 18 heavy (non-hydrogen) atoms. The maximum Gasteiger partial charge on any atom is 0.154 e. The molecule has 0 amide bonds. The first-order valence-corrected chi connectivity index (χ1v) is 6.58. The summed E-state index contributed by atoms with van der Waals surface area (Å²) in [5, 5.41) is 6.98. The summed E-state index contributed by atoms with van der Waals surface area (Å²) in [6, 6.07) is 2.45. The van der Waals surface area contributed by atoms with Crippen LogP contribution in [0, 0.1) is 0 Å². The van der Waals surface area contributed by atoms with E-state index in [-0.39, 0.29) is 0 Å². The molecule has 96 valence electrons. The van der Waals surface area contributed by atoms with E-state index in [2.05, 4.69) is 20.6 Å². The van der Waals surface area contributed by atoms with Gasteiger partial charge in [-0.3, -0.25) is 0 Å². The summed E-state index contributed by atoms with van der Waals surface area (Å²) in [5.74, 6) is 0.904. The van der Waals surface area contributed by atoms with Crippen molar-refractivity contribution in [2.75, 3.05) is 18.4 Å². The van der Waals surface area contributed by atoms with Gasteiger partial charge in [0.25, 0.3) is 0 Å². The van der Waals surface area contributed by atoms with E-state index in [4.69, 9.17) is 0 Å². The topological polar surface area (TPSA) is 54.8 Å². The number of aryl methyl sites for hydroxylation is 1. The predicted molar refractivity (Wildman–Crippen MR) is 72.6 cm³/mol. The fourth-order valence-corrected chi connectivity index (χ4v) is 2.50. The molecule has 1 aliphatic rings. The Morgan fingerprint density at radius 3 is 3.28 bits per heavy atom. The van der Waals surface area contributed by atoms with E-state index < -0.39 is 0 Å². The summed E-state index contributed by atoms with van der Waals surface area (Å²) in [6.07, 6.45) is 7.40. The summed E-state index contributed by atoms with van der Waals surface area (Å²) in [5.41, 5.74) is 2.08. The average molecular weight is 245 g/mol. The number of rotatable bonds is 2. The molecule has 1 atom stereocenters. The van der Waals surface area contributed by atoms with Crippen molar-refractivity contribution in [2.24, 2.45) is 7.05 Å². The van der Waals surface area contributed by atoms with Crippen LogP contribution in [0.2, 0.25) is 0 Å². The van der Waals surface area contributed by atoms with Crippen LogP contribution in [0.1, 0.15) is 19.3 Å². The quantitative estimate of drug-likeness (QED) is 0.842. The van der Waals surface area contributed by atoms with E-state index >= 15 is 0 Å². The molecule has 2 aromatic heterocycles. The second-order valence-electron chi connectivity index (χ2n) is 4.92. The Labute approximate surface area is 107 Å². The molecular formula is C13H19N5. The zero-order chi connectivity index (χ0) is 12.4. The molecule has 1 unspecified atom stereocenters. The Morgan fingerprint density at radius 1 is 1.39 bits per heavy atom. The first-order chi connectivity index (χ1) is 8.84. The lowest BCUT2D eigenvalue weighted by molar-refractivity contribution is 0.634. The van der Waals surface area contributed by atoms with Gasteiger partial charge in [-0.25, -0.2) is 9.97 Å². The van der Waals surface area contributed by atoms with Crippen LogP contribution < -0.4 is 10.6 Å². The van der Waals surface area contributed by atoms with E-state index in [0.717, 1.165) is 29.9 Å². The second kappa shape index (κ2) is 4.94. The number of pyridine rings is 1. The molecule has 0 saturated carbocycles. The van der Waals surface area contributed by atoms with Gasteiger partial charge in [0.2, 0.25) is 0 Å². The number of hydrogen-bond acceptors (Lipinski definition) is 4. The molecule has 5 nitrogen and oxygen atoms in total. The van der Waals surface area contributed by atoms with E-state index in [0.29, 0.717) is 6.04 Å². The molecule has 1 aliphatic heterocycles. The molecule has 5 heteroatoms. The van der Waals surface area contributed by atoms with Gasteiger partial charge in [-0.1, -0.05) is 6.42 Å². The number of aromatic nitrogens is 3. The zero-order valence-corrected chi connectivity index (χ0v) is 10.7. The van der Waals surface area contributed by atoms with Gasteiger partial charge < -0.3 is 15.2 Å². The Bertz CT molecular complexity index is 525. The highest BCUT2D eigenvalue weighted by molar-refractivity contribution is 5.85. The lowest BCUT2D eigenvalue weighted by Crippen LogP contribution is -2.31. The summed E-state index contributed by atoms with van der Waals surface area (Å²) in [4.78, 5) is 8.85. The van der Waals surface area contributed by atoms with Crippen LogP contribution in [0.15, 0.2) is 18.6 Å². The van der Waals surface area contributed by atoms with Crippen molar-refractivity contribution in [3.8, 4) is 0 Å². The molecule has 1 saturated heterocycles. The summed E-state index contributed by atoms with van der Waals surface area (Å²) in [7, 11) is 2.01. The lowest BCUT2D eigenvalue weighted by Gasteiger charge is -2.17. The zero-order valence-electron chi connectivity index (χ0n) is 10.7. The molecule has 3 heterocycles. The molecular weight excluding hydrogens is 226 g/mol. The van der Waals surface area contributed by atoms with Gasteiger partial charge in [0.05, 0.1) is 11.8 Å². The number of nitrogens with one attached hydrogen (secondary N) is 2. The number of imidazole rings is 1. The van der Waals surface area contributed by atoms with E-state index in [9.17, 15) is 0 Å². The van der Waals surface area contributed by atoms with E-state index in [1.54, 1.807) is 0 Å². The highest BCUT2D eigenvalue weighted by atomic mass is 15.1. The molecule has 2 N–H and O–H groups in total. The number of hydrogen-bond donors (Lipinski definition) is 2. The minimum atomic E-state index is 0.451. The van der Waals surface area contributed by atoms with Crippen molar-refractivity contribution in [1.29, 1.82) is 0 Å². The summed E-state index contributed by atoms with van der Waals surface area (Å²) >= 11 is 0. The van der Waals surface area contributed by atoms with E-state index in [1.165, 1.54) is 19.3 Å². The standard InChI is InChI=1S/C13H19N5/c1-18-9-16-12-11(18)5-7-15-13(12)17-10-4-2-3-6-14-8-10/h5,7,9-10,14H,2-4,6,8H2,1H3,(H,15,17). The third kappa shape index (κ3) is 2.18. The van der Waals surface area contributed by atoms with Crippen LogP contribution in [0.25, 0.3) is 11.0 Å². The van der Waals surface area contributed by atoms with Crippen LogP contribution >= 0.6 is 0 Å². The Morgan fingerprint density at radius 2 is 2.33 bits per heavy atom. The normalized spacial score (nSPS) is 20.8. The second-order valence-corrected chi connectivity index (χ2v) is 4.92. The van der Waals surface area contributed by atoms with Crippen LogP contribution in [-0.4, -0.2) is 33.7 Å². The van der Waals surface area contributed by atoms with Crippen molar-refractivity contribution in [1.82, 2.24) is 19.9 Å². The lowest BCUT2D eigenvalue weighted by atomic mass is 10.1. The van der Waals surface area contributed by atoms with Gasteiger partial charge in [0, 0.05) is 25.8 Å². The van der Waals surface area contributed by atoms with Crippen molar-refractivity contribution in [2.45, 2.75) is 25.3 Å². The molecule has 2 aromatic rings. The largest absolute Gasteiger partial charge is 0.364 e. The smallest absolute Gasteiger partial charge is 0.154 e. The van der Waals surface area contributed by atoms with E-state index in [1.807, 2.05) is 30.2 Å². The molecule has 1 fully saturated rings. The molecule has 0 aromatic carbocycles. The van der Waals surface area contributed by atoms with Gasteiger partial charge in [-0.2, -0.15) is 0 Å². The van der Waals surface area contributed by atoms with Crippen molar-refractivity contribution < 1.29 is 0 Å².